The standard InChI is InChI=1S/C6H9O/c1-5(7)6-3-2-4-6/h6H,1-4H2. The van der Waals surface area contributed by atoms with Crippen molar-refractivity contribution < 1.29 is 4.79 Å². The average Bonchev–Trinajstić information content (AvgIpc) is 1.23. The molecule has 1 fully saturated rings. The van der Waals surface area contributed by atoms with Crippen LogP contribution in [-0.4, -0.2) is 5.78 Å². The molecule has 0 aliphatic heterocycles. The molecule has 0 bridgehead atoms. The number of Topliss-reactive ketones (excluding diaryl/α,β-unsaturated/α-hetero) is 1. The van der Waals surface area contributed by atoms with Gasteiger partial charge in [0.15, 0.2) is 0 Å². The highest BCUT2D eigenvalue weighted by molar-refractivity contribution is 5.85. The molecule has 0 amide bonds. The van der Waals surface area contributed by atoms with E-state index in [0.29, 0.717) is 5.92 Å². The van der Waals surface area contributed by atoms with Gasteiger partial charge in [-0.15, -0.1) is 0 Å². The normalized spacial score (nSPS) is 21.3. The zero-order chi connectivity index (χ0) is 5.28. The summed E-state index contributed by atoms with van der Waals surface area (Å²) in [5.41, 5.74) is 0. The van der Waals surface area contributed by atoms with Crippen molar-refractivity contribution in [1.29, 1.82) is 0 Å². The van der Waals surface area contributed by atoms with Gasteiger partial charge in [-0.25, -0.2) is 0 Å². The van der Waals surface area contributed by atoms with E-state index in [0.717, 1.165) is 12.8 Å². The van der Waals surface area contributed by atoms with Crippen LogP contribution in [0.15, 0.2) is 0 Å². The van der Waals surface area contributed by atoms with Crippen LogP contribution >= 0.6 is 0 Å². The lowest BCUT2D eigenvalue weighted by atomic mass is 9.83. The van der Waals surface area contributed by atoms with E-state index in [1.807, 2.05) is 0 Å². The summed E-state index contributed by atoms with van der Waals surface area (Å²) in [5.74, 6) is 0.464. The Morgan fingerprint density at radius 2 is 2.14 bits per heavy atom. The van der Waals surface area contributed by atoms with Crippen molar-refractivity contribution >= 4 is 5.78 Å². The minimum Gasteiger partial charge on any atom is -0.299 e. The maximum atomic E-state index is 10.3. The molecule has 7 heavy (non-hydrogen) atoms. The van der Waals surface area contributed by atoms with Crippen LogP contribution in [0.4, 0.5) is 0 Å². The van der Waals surface area contributed by atoms with Gasteiger partial charge in [-0.05, 0) is 12.8 Å². The number of hydrogen-bond donors (Lipinski definition) is 0. The highest BCUT2D eigenvalue weighted by atomic mass is 16.1. The Labute approximate surface area is 43.7 Å². The maximum Gasteiger partial charge on any atom is 0.136 e. The first-order chi connectivity index (χ1) is 3.30. The lowest BCUT2D eigenvalue weighted by Crippen LogP contribution is -2.18. The highest BCUT2D eigenvalue weighted by Crippen LogP contribution is 2.26. The van der Waals surface area contributed by atoms with Crippen LogP contribution in [0.2, 0.25) is 0 Å². The van der Waals surface area contributed by atoms with Crippen LogP contribution in [0.3, 0.4) is 0 Å². The van der Waals surface area contributed by atoms with Crippen molar-refractivity contribution in [2.75, 3.05) is 0 Å². The second-order valence-electron chi connectivity index (χ2n) is 2.09. The van der Waals surface area contributed by atoms with Gasteiger partial charge in [0.2, 0.25) is 0 Å². The van der Waals surface area contributed by atoms with E-state index in [9.17, 15) is 4.79 Å². The van der Waals surface area contributed by atoms with Crippen molar-refractivity contribution in [3.05, 3.63) is 6.92 Å². The van der Waals surface area contributed by atoms with Crippen molar-refractivity contribution in [3.63, 3.8) is 0 Å². The molecular formula is C6H9O. The molecule has 39 valence electrons. The molecule has 0 N–H and O–H groups in total. The van der Waals surface area contributed by atoms with Crippen LogP contribution in [0.5, 0.6) is 0 Å². The zero-order valence-corrected chi connectivity index (χ0v) is 4.31. The van der Waals surface area contributed by atoms with Gasteiger partial charge in [0.1, 0.15) is 5.78 Å². The SMILES string of the molecule is [CH2]C(=O)C1CCC1. The molecule has 1 saturated carbocycles. The third-order valence-electron chi connectivity index (χ3n) is 1.56. The Balaban J connectivity index is 2.27. The first kappa shape index (κ1) is 4.82. The van der Waals surface area contributed by atoms with E-state index in [1.54, 1.807) is 0 Å². The minimum absolute atomic E-state index is 0.131. The smallest absolute Gasteiger partial charge is 0.136 e. The molecular weight excluding hydrogens is 88.1 g/mol. The van der Waals surface area contributed by atoms with Gasteiger partial charge < -0.3 is 0 Å². The molecule has 1 radical (unpaired) electrons. The van der Waals surface area contributed by atoms with Gasteiger partial charge in [0, 0.05) is 12.8 Å². The summed E-state index contributed by atoms with van der Waals surface area (Å²) in [7, 11) is 0. The fourth-order valence-electron chi connectivity index (χ4n) is 0.730. The number of hydrogen-bond acceptors (Lipinski definition) is 1. The summed E-state index contributed by atoms with van der Waals surface area (Å²) in [6.07, 6.45) is 3.40. The topological polar surface area (TPSA) is 17.1 Å². The number of carbonyl (C=O) groups is 1. The summed E-state index contributed by atoms with van der Waals surface area (Å²) in [6.45, 7) is 3.32. The monoisotopic (exact) mass is 97.1 g/mol. The summed E-state index contributed by atoms with van der Waals surface area (Å²) >= 11 is 0. The van der Waals surface area contributed by atoms with E-state index in [1.165, 1.54) is 6.42 Å². The van der Waals surface area contributed by atoms with E-state index in [2.05, 4.69) is 6.92 Å². The lowest BCUT2D eigenvalue weighted by Gasteiger charge is -2.21. The third kappa shape index (κ3) is 0.817. The molecule has 1 nitrogen and oxygen atoms in total. The fraction of sp³-hybridized carbons (Fsp3) is 0.667. The molecule has 0 spiro atoms. The first-order valence-electron chi connectivity index (χ1n) is 2.66. The van der Waals surface area contributed by atoms with Gasteiger partial charge in [-0.2, -0.15) is 0 Å². The van der Waals surface area contributed by atoms with Gasteiger partial charge in [-0.1, -0.05) is 6.42 Å². The number of rotatable bonds is 1. The molecule has 1 aliphatic rings. The van der Waals surface area contributed by atoms with Crippen LogP contribution in [0, 0.1) is 12.8 Å². The molecule has 0 heterocycles. The predicted molar refractivity (Wildman–Crippen MR) is 27.7 cm³/mol. The molecule has 0 aromatic rings. The van der Waals surface area contributed by atoms with Crippen LogP contribution < -0.4 is 0 Å². The molecule has 1 aliphatic carbocycles. The van der Waals surface area contributed by atoms with Crippen LogP contribution in [0.1, 0.15) is 19.3 Å². The minimum atomic E-state index is 0.131. The van der Waals surface area contributed by atoms with E-state index in [-0.39, 0.29) is 5.78 Å². The fourth-order valence-corrected chi connectivity index (χ4v) is 0.730. The Morgan fingerprint density at radius 3 is 2.14 bits per heavy atom. The van der Waals surface area contributed by atoms with Gasteiger partial charge in [0.05, 0.1) is 0 Å². The van der Waals surface area contributed by atoms with Gasteiger partial charge in [0.25, 0.3) is 0 Å². The van der Waals surface area contributed by atoms with Gasteiger partial charge in [-0.3, -0.25) is 4.79 Å². The Hall–Kier alpha value is -0.330. The molecule has 0 aromatic carbocycles. The second-order valence-corrected chi connectivity index (χ2v) is 2.09. The van der Waals surface area contributed by atoms with Gasteiger partial charge >= 0.3 is 0 Å². The van der Waals surface area contributed by atoms with Crippen molar-refractivity contribution in [2.24, 2.45) is 5.92 Å². The van der Waals surface area contributed by atoms with Crippen molar-refractivity contribution in [1.82, 2.24) is 0 Å². The first-order valence-corrected chi connectivity index (χ1v) is 2.66. The Morgan fingerprint density at radius 1 is 1.57 bits per heavy atom. The largest absolute Gasteiger partial charge is 0.299 e. The molecule has 0 aromatic heterocycles. The third-order valence-corrected chi connectivity index (χ3v) is 1.56. The predicted octanol–water partition coefficient (Wildman–Crippen LogP) is 1.19. The van der Waals surface area contributed by atoms with E-state index >= 15 is 0 Å². The summed E-state index contributed by atoms with van der Waals surface area (Å²) in [6, 6.07) is 0. The molecule has 0 saturated heterocycles. The molecule has 0 atom stereocenters. The summed E-state index contributed by atoms with van der Waals surface area (Å²) < 4.78 is 0. The average molecular weight is 97.1 g/mol. The second kappa shape index (κ2) is 1.65. The number of ketones is 1. The Bertz CT molecular complexity index is 82.2. The van der Waals surface area contributed by atoms with Crippen LogP contribution in [-0.2, 0) is 4.79 Å². The molecule has 1 heteroatoms. The molecule has 0 unspecified atom stereocenters. The van der Waals surface area contributed by atoms with Crippen molar-refractivity contribution in [3.8, 4) is 0 Å². The number of carbonyl (C=O) groups excluding carboxylic acids is 1. The Kier molecular flexibility index (Phi) is 1.13. The summed E-state index contributed by atoms with van der Waals surface area (Å²) in [5, 5.41) is 0. The van der Waals surface area contributed by atoms with E-state index < -0.39 is 0 Å². The maximum absolute atomic E-state index is 10.3. The quantitative estimate of drug-likeness (QED) is 0.480. The zero-order valence-electron chi connectivity index (χ0n) is 4.31. The van der Waals surface area contributed by atoms with E-state index in [4.69, 9.17) is 0 Å². The summed E-state index contributed by atoms with van der Waals surface area (Å²) in [4.78, 5) is 10.3. The highest BCUT2D eigenvalue weighted by Gasteiger charge is 2.20. The lowest BCUT2D eigenvalue weighted by molar-refractivity contribution is -0.120. The van der Waals surface area contributed by atoms with Crippen molar-refractivity contribution in [2.45, 2.75) is 19.3 Å². The molecule has 1 rings (SSSR count). The van der Waals surface area contributed by atoms with Crippen LogP contribution in [0.25, 0.3) is 0 Å².